The van der Waals surface area contributed by atoms with Crippen LogP contribution in [0.2, 0.25) is 0 Å². The lowest BCUT2D eigenvalue weighted by Gasteiger charge is -2.13. The number of aromatic nitrogens is 5. The number of rotatable bonds is 4. The average Bonchev–Trinajstić information content (AvgIpc) is 3.11. The van der Waals surface area contributed by atoms with Crippen LogP contribution in [0.15, 0.2) is 55.2 Å². The third-order valence-electron chi connectivity index (χ3n) is 3.83. The Bertz CT molecular complexity index is 1050. The molecule has 5 N–H and O–H groups in total. The number of nitrogens with two attached hydrogens (primary N) is 2. The first-order valence-electron chi connectivity index (χ1n) is 7.87. The normalized spacial score (nSPS) is 10.8. The number of hydrogen-bond donors (Lipinski definition) is 3. The van der Waals surface area contributed by atoms with Gasteiger partial charge in [0, 0.05) is 31.3 Å². The Hall–Kier alpha value is -3.72. The van der Waals surface area contributed by atoms with Crippen molar-refractivity contribution in [2.45, 2.75) is 0 Å². The maximum absolute atomic E-state index is 5.74. The Morgan fingerprint density at radius 3 is 2.62 bits per heavy atom. The summed E-state index contributed by atoms with van der Waals surface area (Å²) < 4.78 is 1.87. The molecule has 0 bridgehead atoms. The van der Waals surface area contributed by atoms with Crippen molar-refractivity contribution in [3.63, 3.8) is 0 Å². The maximum atomic E-state index is 5.74. The van der Waals surface area contributed by atoms with Crippen LogP contribution >= 0.6 is 0 Å². The molecule has 0 radical (unpaired) electrons. The fraction of sp³-hybridized carbons (Fsp3) is 0.0588. The minimum absolute atomic E-state index is 0.339. The first-order chi connectivity index (χ1) is 12.6. The molecule has 9 heteroatoms. The van der Waals surface area contributed by atoms with Gasteiger partial charge in [0.15, 0.2) is 11.5 Å². The number of benzene rings is 1. The van der Waals surface area contributed by atoms with Gasteiger partial charge >= 0.3 is 0 Å². The molecule has 4 aromatic rings. The lowest BCUT2D eigenvalue weighted by molar-refractivity contribution is 1.02. The predicted octanol–water partition coefficient (Wildman–Crippen LogP) is 1.82. The van der Waals surface area contributed by atoms with Gasteiger partial charge in [0.25, 0.3) is 0 Å². The van der Waals surface area contributed by atoms with E-state index in [1.807, 2.05) is 41.1 Å². The first kappa shape index (κ1) is 15.8. The second-order valence-corrected chi connectivity index (χ2v) is 5.74. The molecule has 0 saturated carbocycles. The van der Waals surface area contributed by atoms with Crippen molar-refractivity contribution in [2.75, 3.05) is 23.1 Å². The topological polar surface area (TPSA) is 123 Å². The molecule has 0 aliphatic heterocycles. The van der Waals surface area contributed by atoms with E-state index in [0.29, 0.717) is 28.7 Å². The highest BCUT2D eigenvalue weighted by molar-refractivity contribution is 5.73. The number of hydrogen-bond acceptors (Lipinski definition) is 8. The first-order valence-corrected chi connectivity index (χ1v) is 7.87. The molecule has 0 saturated heterocycles. The summed E-state index contributed by atoms with van der Waals surface area (Å²) in [4.78, 5) is 17.4. The summed E-state index contributed by atoms with van der Waals surface area (Å²) in [7, 11) is 1.79. The fourth-order valence-corrected chi connectivity index (χ4v) is 2.56. The van der Waals surface area contributed by atoms with Crippen LogP contribution < -0.4 is 21.9 Å². The van der Waals surface area contributed by atoms with E-state index in [2.05, 4.69) is 25.3 Å². The van der Waals surface area contributed by atoms with Crippen molar-refractivity contribution in [1.82, 2.24) is 24.3 Å². The van der Waals surface area contributed by atoms with Crippen molar-refractivity contribution >= 4 is 28.7 Å². The van der Waals surface area contributed by atoms with Crippen LogP contribution in [-0.2, 0) is 0 Å². The van der Waals surface area contributed by atoms with Crippen molar-refractivity contribution in [3.8, 4) is 11.4 Å². The van der Waals surface area contributed by atoms with E-state index >= 15 is 0 Å². The van der Waals surface area contributed by atoms with Gasteiger partial charge in [-0.1, -0.05) is 0 Å². The molecule has 0 fully saturated rings. The molecule has 130 valence electrons. The summed E-state index contributed by atoms with van der Waals surface area (Å²) in [5.74, 6) is 6.68. The second kappa shape index (κ2) is 6.30. The SMILES string of the molecule is CN(N)c1ccc(Nc2nc(-c3cncc(N)n3)cn3ccnc23)cc1. The summed E-state index contributed by atoms with van der Waals surface area (Å²) in [5, 5.41) is 4.84. The van der Waals surface area contributed by atoms with Crippen LogP contribution in [-0.4, -0.2) is 31.4 Å². The van der Waals surface area contributed by atoms with E-state index in [1.165, 1.54) is 6.20 Å². The highest BCUT2D eigenvalue weighted by Crippen LogP contribution is 2.24. The standard InChI is InChI=1S/C17H17N9/c1-25(19)12-4-2-11(3-5-12)22-16-17-21-6-7-26(17)10-14(24-16)13-8-20-9-15(18)23-13/h2-10H,19H2,1H3,(H2,18,23)(H,22,24). The van der Waals surface area contributed by atoms with E-state index in [1.54, 1.807) is 24.5 Å². The smallest absolute Gasteiger partial charge is 0.180 e. The molecule has 0 atom stereocenters. The molecule has 0 aliphatic carbocycles. The Labute approximate surface area is 149 Å². The number of nitrogen functional groups attached to an aromatic ring is 1. The van der Waals surface area contributed by atoms with Gasteiger partial charge in [0.1, 0.15) is 17.2 Å². The molecule has 26 heavy (non-hydrogen) atoms. The zero-order valence-corrected chi connectivity index (χ0v) is 14.0. The monoisotopic (exact) mass is 347 g/mol. The molecule has 0 aliphatic rings. The van der Waals surface area contributed by atoms with Gasteiger partial charge in [-0.3, -0.25) is 4.98 Å². The van der Waals surface area contributed by atoms with Gasteiger partial charge in [-0.05, 0) is 24.3 Å². The third-order valence-corrected chi connectivity index (χ3v) is 3.83. The van der Waals surface area contributed by atoms with E-state index in [0.717, 1.165) is 11.4 Å². The number of nitrogens with zero attached hydrogens (tertiary/aromatic N) is 6. The Morgan fingerprint density at radius 2 is 1.88 bits per heavy atom. The predicted molar refractivity (Wildman–Crippen MR) is 101 cm³/mol. The van der Waals surface area contributed by atoms with Gasteiger partial charge in [-0.25, -0.2) is 20.8 Å². The fourth-order valence-electron chi connectivity index (χ4n) is 2.56. The van der Waals surface area contributed by atoms with Crippen molar-refractivity contribution in [1.29, 1.82) is 0 Å². The summed E-state index contributed by atoms with van der Waals surface area (Å²) in [6.07, 6.45) is 8.51. The maximum Gasteiger partial charge on any atom is 0.180 e. The van der Waals surface area contributed by atoms with Crippen LogP contribution in [0.25, 0.3) is 17.0 Å². The Balaban J connectivity index is 1.75. The highest BCUT2D eigenvalue weighted by Gasteiger charge is 2.11. The molecule has 3 heterocycles. The van der Waals surface area contributed by atoms with Crippen LogP contribution in [0.1, 0.15) is 0 Å². The van der Waals surface area contributed by atoms with E-state index < -0.39 is 0 Å². The van der Waals surface area contributed by atoms with E-state index in [-0.39, 0.29) is 0 Å². The van der Waals surface area contributed by atoms with Crippen LogP contribution in [0.5, 0.6) is 0 Å². The van der Waals surface area contributed by atoms with Crippen molar-refractivity contribution < 1.29 is 0 Å². The Kier molecular flexibility index (Phi) is 3.82. The quantitative estimate of drug-likeness (QED) is 0.377. The summed E-state index contributed by atoms with van der Waals surface area (Å²) in [6, 6.07) is 7.68. The number of hydrazine groups is 1. The molecule has 0 amide bonds. The van der Waals surface area contributed by atoms with Crippen molar-refractivity contribution in [2.24, 2.45) is 5.84 Å². The zero-order valence-electron chi connectivity index (χ0n) is 14.0. The number of anilines is 4. The molecular formula is C17H17N9. The largest absolute Gasteiger partial charge is 0.382 e. The molecule has 0 unspecified atom stereocenters. The number of imidazole rings is 1. The zero-order chi connectivity index (χ0) is 18.1. The van der Waals surface area contributed by atoms with Crippen LogP contribution in [0, 0.1) is 0 Å². The lowest BCUT2D eigenvalue weighted by Crippen LogP contribution is -2.24. The lowest BCUT2D eigenvalue weighted by atomic mass is 10.2. The van der Waals surface area contributed by atoms with Gasteiger partial charge in [0.05, 0.1) is 18.1 Å². The van der Waals surface area contributed by atoms with E-state index in [9.17, 15) is 0 Å². The highest BCUT2D eigenvalue weighted by atomic mass is 15.4. The molecular weight excluding hydrogens is 330 g/mol. The molecule has 9 nitrogen and oxygen atoms in total. The summed E-state index contributed by atoms with van der Waals surface area (Å²) in [5.41, 5.74) is 9.43. The van der Waals surface area contributed by atoms with Gasteiger partial charge in [-0.15, -0.1) is 0 Å². The van der Waals surface area contributed by atoms with Gasteiger partial charge in [-0.2, -0.15) is 0 Å². The van der Waals surface area contributed by atoms with Gasteiger partial charge in [0.2, 0.25) is 0 Å². The minimum Gasteiger partial charge on any atom is -0.382 e. The summed E-state index contributed by atoms with van der Waals surface area (Å²) in [6.45, 7) is 0. The summed E-state index contributed by atoms with van der Waals surface area (Å²) >= 11 is 0. The molecule has 0 spiro atoms. The minimum atomic E-state index is 0.339. The van der Waals surface area contributed by atoms with Crippen LogP contribution in [0.4, 0.5) is 23.0 Å². The average molecular weight is 347 g/mol. The second-order valence-electron chi connectivity index (χ2n) is 5.74. The molecule has 4 rings (SSSR count). The molecule has 1 aromatic carbocycles. The van der Waals surface area contributed by atoms with Crippen LogP contribution in [0.3, 0.4) is 0 Å². The van der Waals surface area contributed by atoms with Crippen molar-refractivity contribution in [3.05, 3.63) is 55.2 Å². The number of nitrogens with one attached hydrogen (secondary N) is 1. The van der Waals surface area contributed by atoms with E-state index in [4.69, 9.17) is 11.6 Å². The van der Waals surface area contributed by atoms with Gasteiger partial charge < -0.3 is 20.5 Å². The molecule has 3 aromatic heterocycles. The number of fused-ring (bicyclic) bond motifs is 1. The third kappa shape index (κ3) is 2.98. The Morgan fingerprint density at radius 1 is 1.08 bits per heavy atom.